The molecule has 0 unspecified atom stereocenters. The highest BCUT2D eigenvalue weighted by atomic mass is 16.5. The van der Waals surface area contributed by atoms with Crippen LogP contribution in [-0.4, -0.2) is 49.3 Å². The van der Waals surface area contributed by atoms with E-state index >= 15 is 0 Å². The van der Waals surface area contributed by atoms with Gasteiger partial charge < -0.3 is 19.7 Å². The van der Waals surface area contributed by atoms with E-state index in [1.807, 2.05) is 24.3 Å². The van der Waals surface area contributed by atoms with Gasteiger partial charge in [-0.3, -0.25) is 4.79 Å². The molecule has 0 bridgehead atoms. The van der Waals surface area contributed by atoms with Crippen molar-refractivity contribution in [3.63, 3.8) is 0 Å². The molecule has 164 valence electrons. The number of carbonyl (C=O) groups excluding carboxylic acids is 1. The number of ether oxygens (including phenoxy) is 2. The Bertz CT molecular complexity index is 601. The molecule has 0 aromatic heterocycles. The molecule has 5 nitrogen and oxygen atoms in total. The fraction of sp³-hybridized carbons (Fsp3) is 0.708. The van der Waals surface area contributed by atoms with E-state index in [0.717, 1.165) is 63.2 Å². The highest BCUT2D eigenvalue weighted by Gasteiger charge is 2.42. The van der Waals surface area contributed by atoms with E-state index in [4.69, 9.17) is 9.47 Å². The standard InChI is InChI=1S/C24H40N2O3/c1-5-17-29-24(15-8-10-20(4)19-24)23(27)25-21-11-13-22(14-12-21)28-18-9-16-26(6-2)7-3/h11-14,20H,5-10,15-19H2,1-4H3,(H,25,27)/t20-,24+/m0/s1. The van der Waals surface area contributed by atoms with Crippen LogP contribution in [0.4, 0.5) is 5.69 Å². The summed E-state index contributed by atoms with van der Waals surface area (Å²) in [5, 5.41) is 3.08. The van der Waals surface area contributed by atoms with E-state index in [1.54, 1.807) is 0 Å². The van der Waals surface area contributed by atoms with Crippen LogP contribution >= 0.6 is 0 Å². The fourth-order valence-corrected chi connectivity index (χ4v) is 4.10. The molecule has 1 saturated carbocycles. The minimum absolute atomic E-state index is 0.00890. The van der Waals surface area contributed by atoms with E-state index in [0.29, 0.717) is 19.1 Å². The van der Waals surface area contributed by atoms with Crippen molar-refractivity contribution in [1.29, 1.82) is 0 Å². The molecule has 1 aromatic carbocycles. The van der Waals surface area contributed by atoms with E-state index in [-0.39, 0.29) is 5.91 Å². The number of hydrogen-bond donors (Lipinski definition) is 1. The molecule has 0 saturated heterocycles. The zero-order valence-corrected chi connectivity index (χ0v) is 18.8. The lowest BCUT2D eigenvalue weighted by molar-refractivity contribution is -0.148. The fourth-order valence-electron chi connectivity index (χ4n) is 4.10. The molecule has 1 N–H and O–H groups in total. The monoisotopic (exact) mass is 404 g/mol. The summed E-state index contributed by atoms with van der Waals surface area (Å²) < 4.78 is 12.0. The first-order valence-electron chi connectivity index (χ1n) is 11.4. The Morgan fingerprint density at radius 1 is 1.17 bits per heavy atom. The first-order valence-corrected chi connectivity index (χ1v) is 11.4. The number of nitrogens with zero attached hydrogens (tertiary/aromatic N) is 1. The van der Waals surface area contributed by atoms with Gasteiger partial charge in [-0.05, 0) is 75.4 Å². The maximum Gasteiger partial charge on any atom is 0.256 e. The van der Waals surface area contributed by atoms with Gasteiger partial charge in [0.1, 0.15) is 11.4 Å². The summed E-state index contributed by atoms with van der Waals surface area (Å²) in [5.41, 5.74) is 0.107. The van der Waals surface area contributed by atoms with Gasteiger partial charge in [0.05, 0.1) is 6.61 Å². The minimum atomic E-state index is -0.687. The van der Waals surface area contributed by atoms with Crippen LogP contribution in [0.5, 0.6) is 5.75 Å². The highest BCUT2D eigenvalue weighted by molar-refractivity contribution is 5.97. The molecule has 0 spiro atoms. The Labute approximate surface area is 177 Å². The average molecular weight is 405 g/mol. The summed E-state index contributed by atoms with van der Waals surface area (Å²) in [7, 11) is 0. The molecule has 2 atom stereocenters. The lowest BCUT2D eigenvalue weighted by Crippen LogP contribution is -2.48. The van der Waals surface area contributed by atoms with Crippen LogP contribution in [0, 0.1) is 5.92 Å². The third-order valence-electron chi connectivity index (χ3n) is 5.85. The average Bonchev–Trinajstić information content (AvgIpc) is 2.73. The van der Waals surface area contributed by atoms with Gasteiger partial charge in [0.2, 0.25) is 0 Å². The van der Waals surface area contributed by atoms with Crippen molar-refractivity contribution in [3.05, 3.63) is 24.3 Å². The first kappa shape index (κ1) is 23.7. The molecule has 1 aliphatic rings. The molecule has 29 heavy (non-hydrogen) atoms. The third-order valence-corrected chi connectivity index (χ3v) is 5.85. The van der Waals surface area contributed by atoms with Crippen LogP contribution in [-0.2, 0) is 9.53 Å². The summed E-state index contributed by atoms with van der Waals surface area (Å²) in [5.74, 6) is 1.34. The van der Waals surface area contributed by atoms with Gasteiger partial charge in [-0.15, -0.1) is 0 Å². The van der Waals surface area contributed by atoms with Crippen molar-refractivity contribution >= 4 is 11.6 Å². The minimum Gasteiger partial charge on any atom is -0.494 e. The summed E-state index contributed by atoms with van der Waals surface area (Å²) in [4.78, 5) is 15.5. The Hall–Kier alpha value is -1.59. The van der Waals surface area contributed by atoms with Crippen LogP contribution in [0.25, 0.3) is 0 Å². The van der Waals surface area contributed by atoms with Crippen molar-refractivity contribution in [3.8, 4) is 5.75 Å². The molecule has 1 aliphatic carbocycles. The number of nitrogens with one attached hydrogen (secondary N) is 1. The Kier molecular flexibility index (Phi) is 9.95. The van der Waals surface area contributed by atoms with Crippen LogP contribution in [0.1, 0.15) is 66.2 Å². The van der Waals surface area contributed by atoms with Gasteiger partial charge in [-0.1, -0.05) is 34.1 Å². The van der Waals surface area contributed by atoms with E-state index in [2.05, 4.69) is 37.9 Å². The van der Waals surface area contributed by atoms with Crippen molar-refractivity contribution in [2.45, 2.75) is 71.8 Å². The maximum atomic E-state index is 13.1. The second kappa shape index (κ2) is 12.2. The molecule has 5 heteroatoms. The lowest BCUT2D eigenvalue weighted by Gasteiger charge is -2.38. The highest BCUT2D eigenvalue weighted by Crippen LogP contribution is 2.36. The number of anilines is 1. The van der Waals surface area contributed by atoms with Gasteiger partial charge in [0.25, 0.3) is 5.91 Å². The molecule has 0 aliphatic heterocycles. The molecule has 1 amide bonds. The van der Waals surface area contributed by atoms with Crippen LogP contribution in [0.15, 0.2) is 24.3 Å². The van der Waals surface area contributed by atoms with E-state index in [1.165, 1.54) is 6.42 Å². The summed E-state index contributed by atoms with van der Waals surface area (Å²) in [6.07, 6.45) is 5.74. The van der Waals surface area contributed by atoms with Crippen LogP contribution in [0.2, 0.25) is 0 Å². The van der Waals surface area contributed by atoms with Gasteiger partial charge in [0, 0.05) is 18.8 Å². The van der Waals surface area contributed by atoms with E-state index in [9.17, 15) is 4.79 Å². The third kappa shape index (κ3) is 7.31. The molecule has 2 rings (SSSR count). The second-order valence-corrected chi connectivity index (χ2v) is 8.25. The van der Waals surface area contributed by atoms with Gasteiger partial charge >= 0.3 is 0 Å². The lowest BCUT2D eigenvalue weighted by atomic mass is 9.78. The van der Waals surface area contributed by atoms with Crippen molar-refractivity contribution in [2.75, 3.05) is 38.2 Å². The summed E-state index contributed by atoms with van der Waals surface area (Å²) in [6, 6.07) is 7.68. The Morgan fingerprint density at radius 3 is 2.52 bits per heavy atom. The molecule has 1 fully saturated rings. The Morgan fingerprint density at radius 2 is 1.90 bits per heavy atom. The quantitative estimate of drug-likeness (QED) is 0.492. The molecular formula is C24H40N2O3. The SMILES string of the molecule is CCCO[C@]1(C(=O)Nc2ccc(OCCCN(CC)CC)cc2)CCC[C@H](C)C1. The Balaban J connectivity index is 1.87. The molecule has 0 radical (unpaired) electrons. The molecule has 1 aromatic rings. The number of amides is 1. The topological polar surface area (TPSA) is 50.8 Å². The molecule has 0 heterocycles. The van der Waals surface area contributed by atoms with Gasteiger partial charge in [0.15, 0.2) is 0 Å². The normalized spacial score (nSPS) is 21.9. The predicted molar refractivity (Wildman–Crippen MR) is 120 cm³/mol. The predicted octanol–water partition coefficient (Wildman–Crippen LogP) is 5.11. The molecular weight excluding hydrogens is 364 g/mol. The van der Waals surface area contributed by atoms with Crippen molar-refractivity contribution in [1.82, 2.24) is 4.90 Å². The van der Waals surface area contributed by atoms with Gasteiger partial charge in [-0.2, -0.15) is 0 Å². The second-order valence-electron chi connectivity index (χ2n) is 8.25. The number of benzene rings is 1. The maximum absolute atomic E-state index is 13.1. The zero-order chi connectivity index (χ0) is 21.1. The van der Waals surface area contributed by atoms with Crippen molar-refractivity contribution < 1.29 is 14.3 Å². The zero-order valence-electron chi connectivity index (χ0n) is 18.8. The summed E-state index contributed by atoms with van der Waals surface area (Å²) in [6.45, 7) is 13.2. The first-order chi connectivity index (χ1) is 14.0. The smallest absolute Gasteiger partial charge is 0.256 e. The van der Waals surface area contributed by atoms with Gasteiger partial charge in [-0.25, -0.2) is 0 Å². The van der Waals surface area contributed by atoms with Crippen molar-refractivity contribution in [2.24, 2.45) is 5.92 Å². The number of hydrogen-bond acceptors (Lipinski definition) is 4. The number of carbonyl (C=O) groups is 1. The largest absolute Gasteiger partial charge is 0.494 e. The van der Waals surface area contributed by atoms with E-state index < -0.39 is 5.60 Å². The van der Waals surface area contributed by atoms with Crippen LogP contribution in [0.3, 0.4) is 0 Å². The summed E-state index contributed by atoms with van der Waals surface area (Å²) >= 11 is 0. The number of rotatable bonds is 12. The van der Waals surface area contributed by atoms with Crippen LogP contribution < -0.4 is 10.1 Å².